The van der Waals surface area contributed by atoms with Gasteiger partial charge < -0.3 is 9.47 Å². The lowest BCUT2D eigenvalue weighted by Gasteiger charge is -2.12. The van der Waals surface area contributed by atoms with Crippen LogP contribution in [0.25, 0.3) is 0 Å². The van der Waals surface area contributed by atoms with Crippen LogP contribution in [0.1, 0.15) is 20.7 Å². The van der Waals surface area contributed by atoms with Crippen LogP contribution in [0.5, 0.6) is 17.4 Å². The van der Waals surface area contributed by atoms with Crippen molar-refractivity contribution in [2.45, 2.75) is 5.16 Å². The minimum Gasteiger partial charge on any atom is -0.493 e. The lowest BCUT2D eigenvalue weighted by Crippen LogP contribution is -2.15. The Labute approximate surface area is 187 Å². The van der Waals surface area contributed by atoms with Crippen LogP contribution in [0.15, 0.2) is 59.9 Å². The molecule has 32 heavy (non-hydrogen) atoms. The zero-order valence-electron chi connectivity index (χ0n) is 16.6. The Morgan fingerprint density at radius 3 is 2.31 bits per heavy atom. The largest absolute Gasteiger partial charge is 0.493 e. The molecule has 0 aliphatic rings. The number of rotatable bonds is 6. The molecule has 0 N–H and O–H groups in total. The van der Waals surface area contributed by atoms with E-state index in [2.05, 4.69) is 19.7 Å². The maximum absolute atomic E-state index is 12.5. The number of ether oxygens (including phenoxy) is 2. The summed E-state index contributed by atoms with van der Waals surface area (Å²) in [6, 6.07) is 12.2. The SMILES string of the molecule is COc1ccccc1Oc1nc(S(C)(=O)=O)ncc1C(=O)OOC(=O)c1cccc(Cl)c1. The number of nitrogens with zero attached hydrogens (tertiary/aromatic N) is 2. The standard InChI is InChI=1S/C20H15ClN2O8S/c1-28-15-8-3-4-9-16(15)29-17-14(11-22-20(23-17)32(2,26)27)19(25)31-30-18(24)12-6-5-7-13(21)10-12/h3-11H,1-2H3. The van der Waals surface area contributed by atoms with Crippen LogP contribution >= 0.6 is 11.6 Å². The Morgan fingerprint density at radius 2 is 1.66 bits per heavy atom. The summed E-state index contributed by atoms with van der Waals surface area (Å²) in [4.78, 5) is 41.1. The molecule has 0 bridgehead atoms. The van der Waals surface area contributed by atoms with Crippen LogP contribution in [0.2, 0.25) is 5.02 Å². The summed E-state index contributed by atoms with van der Waals surface area (Å²) in [6.07, 6.45) is 1.77. The topological polar surface area (TPSA) is 131 Å². The van der Waals surface area contributed by atoms with Gasteiger partial charge in [-0.25, -0.2) is 32.8 Å². The van der Waals surface area contributed by atoms with Crippen molar-refractivity contribution in [3.63, 3.8) is 0 Å². The van der Waals surface area contributed by atoms with Crippen LogP contribution in [0.3, 0.4) is 0 Å². The normalized spacial score (nSPS) is 10.8. The first-order valence-electron chi connectivity index (χ1n) is 8.75. The van der Waals surface area contributed by atoms with Crippen molar-refractivity contribution in [3.05, 3.63) is 70.9 Å². The number of aromatic nitrogens is 2. The van der Waals surface area contributed by atoms with E-state index in [1.807, 2.05) is 0 Å². The van der Waals surface area contributed by atoms with Crippen molar-refractivity contribution in [2.75, 3.05) is 13.4 Å². The third-order valence-corrected chi connectivity index (χ3v) is 4.91. The number of carbonyl (C=O) groups excluding carboxylic acids is 2. The molecular formula is C20H15ClN2O8S. The fourth-order valence-corrected chi connectivity index (χ4v) is 3.02. The molecule has 2 aromatic carbocycles. The van der Waals surface area contributed by atoms with Crippen LogP contribution in [-0.4, -0.2) is 43.7 Å². The average molecular weight is 479 g/mol. The molecule has 0 radical (unpaired) electrons. The van der Waals surface area contributed by atoms with Crippen LogP contribution in [0, 0.1) is 0 Å². The number of benzene rings is 2. The van der Waals surface area contributed by atoms with Crippen molar-refractivity contribution in [3.8, 4) is 17.4 Å². The fraction of sp³-hybridized carbons (Fsp3) is 0.100. The van der Waals surface area contributed by atoms with Crippen molar-refractivity contribution < 1.29 is 37.3 Å². The highest BCUT2D eigenvalue weighted by molar-refractivity contribution is 7.90. The van der Waals surface area contributed by atoms with E-state index in [0.717, 1.165) is 12.5 Å². The molecule has 166 valence electrons. The van der Waals surface area contributed by atoms with Gasteiger partial charge in [-0.2, -0.15) is 4.98 Å². The molecule has 0 spiro atoms. The van der Waals surface area contributed by atoms with Crippen LogP contribution < -0.4 is 9.47 Å². The van der Waals surface area contributed by atoms with Gasteiger partial charge in [0.25, 0.3) is 0 Å². The second-order valence-electron chi connectivity index (χ2n) is 6.15. The first-order valence-corrected chi connectivity index (χ1v) is 11.0. The summed E-state index contributed by atoms with van der Waals surface area (Å²) in [7, 11) is -2.43. The van der Waals surface area contributed by atoms with Crippen molar-refractivity contribution in [1.82, 2.24) is 9.97 Å². The summed E-state index contributed by atoms with van der Waals surface area (Å²) in [6.45, 7) is 0. The molecular weight excluding hydrogens is 464 g/mol. The molecule has 3 rings (SSSR count). The number of halogens is 1. The predicted octanol–water partition coefficient (Wildman–Crippen LogP) is 3.26. The van der Waals surface area contributed by atoms with Gasteiger partial charge in [-0.1, -0.05) is 29.8 Å². The van der Waals surface area contributed by atoms with E-state index in [0.29, 0.717) is 5.75 Å². The number of methoxy groups -OCH3 is 1. The Balaban J connectivity index is 1.89. The summed E-state index contributed by atoms with van der Waals surface area (Å²) in [5.74, 6) is -2.21. The third-order valence-electron chi connectivity index (χ3n) is 3.81. The summed E-state index contributed by atoms with van der Waals surface area (Å²) in [5.41, 5.74) is -0.360. The van der Waals surface area contributed by atoms with Crippen molar-refractivity contribution >= 4 is 33.4 Å². The van der Waals surface area contributed by atoms with E-state index in [1.54, 1.807) is 24.3 Å². The molecule has 0 saturated heterocycles. The average Bonchev–Trinajstić information content (AvgIpc) is 2.77. The summed E-state index contributed by atoms with van der Waals surface area (Å²) >= 11 is 5.81. The van der Waals surface area contributed by atoms with E-state index < -0.39 is 38.4 Å². The molecule has 0 unspecified atom stereocenters. The van der Waals surface area contributed by atoms with Gasteiger partial charge in [0.15, 0.2) is 11.5 Å². The summed E-state index contributed by atoms with van der Waals surface area (Å²) in [5, 5.41) is -0.307. The van der Waals surface area contributed by atoms with Gasteiger partial charge in [0.2, 0.25) is 20.9 Å². The van der Waals surface area contributed by atoms with E-state index >= 15 is 0 Å². The highest BCUT2D eigenvalue weighted by Gasteiger charge is 2.24. The van der Waals surface area contributed by atoms with Gasteiger partial charge in [0.1, 0.15) is 5.56 Å². The molecule has 1 aromatic heterocycles. The smallest absolute Gasteiger partial charge is 0.393 e. The third kappa shape index (κ3) is 5.50. The highest BCUT2D eigenvalue weighted by atomic mass is 35.5. The molecule has 0 saturated carbocycles. The van der Waals surface area contributed by atoms with Gasteiger partial charge in [0.05, 0.1) is 18.9 Å². The van der Waals surface area contributed by atoms with Gasteiger partial charge in [-0.05, 0) is 30.3 Å². The molecule has 0 aliphatic heterocycles. The Morgan fingerprint density at radius 1 is 0.969 bits per heavy atom. The Kier molecular flexibility index (Phi) is 6.91. The van der Waals surface area contributed by atoms with Crippen LogP contribution in [-0.2, 0) is 19.6 Å². The molecule has 0 aliphatic carbocycles. The monoisotopic (exact) mass is 478 g/mol. The van der Waals surface area contributed by atoms with E-state index in [-0.39, 0.29) is 16.3 Å². The van der Waals surface area contributed by atoms with Gasteiger partial charge >= 0.3 is 11.9 Å². The summed E-state index contributed by atoms with van der Waals surface area (Å²) < 4.78 is 34.4. The number of hydrogen-bond acceptors (Lipinski definition) is 10. The molecule has 3 aromatic rings. The Hall–Kier alpha value is -3.70. The molecule has 0 fully saturated rings. The zero-order chi connectivity index (χ0) is 23.3. The fourth-order valence-electron chi connectivity index (χ4n) is 2.34. The molecule has 1 heterocycles. The van der Waals surface area contributed by atoms with Gasteiger partial charge in [0, 0.05) is 11.3 Å². The number of carbonyl (C=O) groups is 2. The quantitative estimate of drug-likeness (QED) is 0.295. The minimum atomic E-state index is -3.83. The molecule has 0 atom stereocenters. The Bertz CT molecular complexity index is 1280. The second kappa shape index (κ2) is 9.62. The first kappa shape index (κ1) is 23.0. The minimum absolute atomic E-state index is 0.0412. The number of hydrogen-bond donors (Lipinski definition) is 0. The molecule has 0 amide bonds. The van der Waals surface area contributed by atoms with Crippen molar-refractivity contribution in [1.29, 1.82) is 0 Å². The zero-order valence-corrected chi connectivity index (χ0v) is 18.2. The van der Waals surface area contributed by atoms with Gasteiger partial charge in [-0.15, -0.1) is 0 Å². The van der Waals surface area contributed by atoms with E-state index in [4.69, 9.17) is 21.1 Å². The number of sulfone groups is 1. The first-order chi connectivity index (χ1) is 15.2. The number of para-hydroxylation sites is 2. The highest BCUT2D eigenvalue weighted by Crippen LogP contribution is 2.32. The molecule has 12 heteroatoms. The van der Waals surface area contributed by atoms with Crippen LogP contribution in [0.4, 0.5) is 0 Å². The molecule has 10 nitrogen and oxygen atoms in total. The lowest BCUT2D eigenvalue weighted by atomic mass is 10.2. The van der Waals surface area contributed by atoms with Crippen molar-refractivity contribution in [2.24, 2.45) is 0 Å². The maximum Gasteiger partial charge on any atom is 0.393 e. The second-order valence-corrected chi connectivity index (χ2v) is 8.49. The van der Waals surface area contributed by atoms with E-state index in [1.165, 1.54) is 31.4 Å². The maximum atomic E-state index is 12.5. The van der Waals surface area contributed by atoms with E-state index in [9.17, 15) is 18.0 Å². The lowest BCUT2D eigenvalue weighted by molar-refractivity contribution is -0.187. The van der Waals surface area contributed by atoms with Gasteiger partial charge in [-0.3, -0.25) is 0 Å². The predicted molar refractivity (Wildman–Crippen MR) is 110 cm³/mol.